The minimum Gasteiger partial charge on any atom is -0.480 e. The maximum Gasteiger partial charge on any atom is 0.434 e. The standard InChI is InChI=1S/C16H10F6N6O3/c1-31-11-3-2-10(26-27-11)28-12(16(20,21)22)8(6-24-28)13(29)25-9-4-7(15(17,18)19)5-23-14(9)30/h2-6H,1H3,(H,23,30)(H,25,29). The molecule has 15 heteroatoms. The fourth-order valence-electron chi connectivity index (χ4n) is 2.43. The zero-order valence-corrected chi connectivity index (χ0v) is 15.2. The summed E-state index contributed by atoms with van der Waals surface area (Å²) < 4.78 is 84.4. The van der Waals surface area contributed by atoms with Gasteiger partial charge in [0, 0.05) is 12.3 Å². The van der Waals surface area contributed by atoms with Gasteiger partial charge in [0.25, 0.3) is 11.5 Å². The summed E-state index contributed by atoms with van der Waals surface area (Å²) in [7, 11) is 1.26. The molecule has 3 aromatic heterocycles. The highest BCUT2D eigenvalue weighted by atomic mass is 19.4. The van der Waals surface area contributed by atoms with E-state index in [4.69, 9.17) is 4.74 Å². The van der Waals surface area contributed by atoms with Crippen molar-refractivity contribution >= 4 is 11.6 Å². The molecule has 0 atom stereocenters. The number of nitrogens with one attached hydrogen (secondary N) is 2. The van der Waals surface area contributed by atoms with Crippen molar-refractivity contribution in [3.63, 3.8) is 0 Å². The number of nitrogens with zero attached hydrogens (tertiary/aromatic N) is 4. The molecule has 0 aliphatic carbocycles. The molecule has 0 fully saturated rings. The van der Waals surface area contributed by atoms with Crippen molar-refractivity contribution in [1.82, 2.24) is 25.0 Å². The number of anilines is 1. The number of pyridine rings is 1. The minimum atomic E-state index is -5.12. The maximum absolute atomic E-state index is 13.6. The van der Waals surface area contributed by atoms with Gasteiger partial charge in [0.15, 0.2) is 11.5 Å². The summed E-state index contributed by atoms with van der Waals surface area (Å²) in [6, 6.07) is 2.59. The summed E-state index contributed by atoms with van der Waals surface area (Å²) >= 11 is 0. The third-order valence-corrected chi connectivity index (χ3v) is 3.81. The molecule has 0 unspecified atom stereocenters. The molecule has 0 aromatic carbocycles. The molecule has 0 aliphatic heterocycles. The lowest BCUT2D eigenvalue weighted by Crippen LogP contribution is -2.24. The number of hydrogen-bond acceptors (Lipinski definition) is 6. The number of halogens is 6. The van der Waals surface area contributed by atoms with E-state index < -0.39 is 52.1 Å². The van der Waals surface area contributed by atoms with Crippen molar-refractivity contribution in [2.75, 3.05) is 12.4 Å². The van der Waals surface area contributed by atoms with Crippen LogP contribution in [-0.4, -0.2) is 38.0 Å². The van der Waals surface area contributed by atoms with Crippen molar-refractivity contribution in [2.24, 2.45) is 0 Å². The van der Waals surface area contributed by atoms with Crippen molar-refractivity contribution in [2.45, 2.75) is 12.4 Å². The van der Waals surface area contributed by atoms with Gasteiger partial charge in [0.05, 0.1) is 24.4 Å². The molecule has 0 saturated carbocycles. The van der Waals surface area contributed by atoms with Crippen LogP contribution in [0.3, 0.4) is 0 Å². The van der Waals surface area contributed by atoms with Gasteiger partial charge in [-0.1, -0.05) is 0 Å². The normalized spacial score (nSPS) is 12.0. The molecule has 3 aromatic rings. The number of carbonyl (C=O) groups is 1. The van der Waals surface area contributed by atoms with Gasteiger partial charge in [0.2, 0.25) is 5.88 Å². The molecule has 9 nitrogen and oxygen atoms in total. The summed E-state index contributed by atoms with van der Waals surface area (Å²) in [4.78, 5) is 25.9. The largest absolute Gasteiger partial charge is 0.480 e. The number of aromatic nitrogens is 5. The number of rotatable bonds is 4. The Morgan fingerprint density at radius 1 is 1.13 bits per heavy atom. The van der Waals surface area contributed by atoms with Gasteiger partial charge in [-0.2, -0.15) is 31.4 Å². The molecule has 0 radical (unpaired) electrons. The Hall–Kier alpha value is -3.91. The molecule has 2 N–H and O–H groups in total. The number of hydrogen-bond donors (Lipinski definition) is 2. The fraction of sp³-hybridized carbons (Fsp3) is 0.188. The molecular weight excluding hydrogens is 438 g/mol. The maximum atomic E-state index is 13.6. The average Bonchev–Trinajstić information content (AvgIpc) is 3.14. The monoisotopic (exact) mass is 448 g/mol. The van der Waals surface area contributed by atoms with E-state index in [0.717, 1.165) is 6.07 Å². The first-order chi connectivity index (χ1) is 14.4. The van der Waals surface area contributed by atoms with Crippen molar-refractivity contribution in [3.05, 3.63) is 57.8 Å². The summed E-state index contributed by atoms with van der Waals surface area (Å²) in [6.07, 6.45) is -9.09. The van der Waals surface area contributed by atoms with Crippen LogP contribution in [0.15, 0.2) is 35.4 Å². The van der Waals surface area contributed by atoms with E-state index >= 15 is 0 Å². The summed E-state index contributed by atoms with van der Waals surface area (Å²) in [5, 5.41) is 12.2. The Kier molecular flexibility index (Phi) is 5.43. The highest BCUT2D eigenvalue weighted by Crippen LogP contribution is 2.34. The van der Waals surface area contributed by atoms with Crippen LogP contribution in [0.4, 0.5) is 32.0 Å². The highest BCUT2D eigenvalue weighted by Gasteiger charge is 2.41. The van der Waals surface area contributed by atoms with E-state index in [-0.39, 0.29) is 10.6 Å². The van der Waals surface area contributed by atoms with E-state index in [9.17, 15) is 35.9 Å². The second kappa shape index (κ2) is 7.73. The number of alkyl halides is 6. The van der Waals surface area contributed by atoms with Crippen molar-refractivity contribution in [3.8, 4) is 11.7 Å². The summed E-state index contributed by atoms with van der Waals surface area (Å²) in [6.45, 7) is 0. The molecule has 0 aliphatic rings. The van der Waals surface area contributed by atoms with Gasteiger partial charge in [-0.15, -0.1) is 10.2 Å². The molecule has 0 saturated heterocycles. The Morgan fingerprint density at radius 2 is 1.84 bits per heavy atom. The van der Waals surface area contributed by atoms with Crippen molar-refractivity contribution in [1.29, 1.82) is 0 Å². The molecule has 0 bridgehead atoms. The van der Waals surface area contributed by atoms with E-state index in [1.165, 1.54) is 13.2 Å². The lowest BCUT2D eigenvalue weighted by atomic mass is 10.2. The smallest absolute Gasteiger partial charge is 0.434 e. The third kappa shape index (κ3) is 4.49. The Bertz CT molecular complexity index is 1170. The molecule has 0 spiro atoms. The second-order valence-corrected chi connectivity index (χ2v) is 5.83. The molecule has 3 rings (SSSR count). The molecule has 1 amide bonds. The topological polar surface area (TPSA) is 115 Å². The Balaban J connectivity index is 2.02. The van der Waals surface area contributed by atoms with Crippen molar-refractivity contribution < 1.29 is 35.9 Å². The zero-order chi connectivity index (χ0) is 23.0. The van der Waals surface area contributed by atoms with Crippen LogP contribution in [0.1, 0.15) is 21.6 Å². The summed E-state index contributed by atoms with van der Waals surface area (Å²) in [5.41, 5.74) is -5.99. The quantitative estimate of drug-likeness (QED) is 0.594. The fourth-order valence-corrected chi connectivity index (χ4v) is 2.43. The van der Waals surface area contributed by atoms with Crippen LogP contribution in [0.25, 0.3) is 5.82 Å². The summed E-state index contributed by atoms with van der Waals surface area (Å²) in [5.74, 6) is -1.92. The number of aromatic amines is 1. The number of H-pyrrole nitrogens is 1. The molecular formula is C16H10F6N6O3. The zero-order valence-electron chi connectivity index (χ0n) is 15.2. The van der Waals surface area contributed by atoms with Crippen LogP contribution in [0.5, 0.6) is 5.88 Å². The van der Waals surface area contributed by atoms with Gasteiger partial charge >= 0.3 is 12.4 Å². The first-order valence-electron chi connectivity index (χ1n) is 8.06. The number of carbonyl (C=O) groups excluding carboxylic acids is 1. The SMILES string of the molecule is COc1ccc(-n2ncc(C(=O)Nc3cc(C(F)(F)F)c[nH]c3=O)c2C(F)(F)F)nn1. The van der Waals surface area contributed by atoms with Gasteiger partial charge in [-0.05, 0) is 12.1 Å². The Morgan fingerprint density at radius 3 is 2.39 bits per heavy atom. The Labute approximate surface area is 167 Å². The lowest BCUT2D eigenvalue weighted by Gasteiger charge is -2.12. The first-order valence-corrected chi connectivity index (χ1v) is 8.06. The van der Waals surface area contributed by atoms with Gasteiger partial charge in [-0.3, -0.25) is 9.59 Å². The molecule has 3 heterocycles. The van der Waals surface area contributed by atoms with E-state index in [2.05, 4.69) is 15.3 Å². The minimum absolute atomic E-state index is 0.00574. The predicted octanol–water partition coefficient (Wildman–Crippen LogP) is 2.65. The van der Waals surface area contributed by atoms with E-state index in [0.29, 0.717) is 18.5 Å². The number of amides is 1. The van der Waals surface area contributed by atoms with Gasteiger partial charge < -0.3 is 15.0 Å². The van der Waals surface area contributed by atoms with Crippen LogP contribution in [-0.2, 0) is 12.4 Å². The average molecular weight is 448 g/mol. The van der Waals surface area contributed by atoms with Gasteiger partial charge in [0.1, 0.15) is 5.69 Å². The van der Waals surface area contributed by atoms with Crippen LogP contribution in [0, 0.1) is 0 Å². The third-order valence-electron chi connectivity index (χ3n) is 3.81. The van der Waals surface area contributed by atoms with Crippen LogP contribution < -0.4 is 15.6 Å². The van der Waals surface area contributed by atoms with Crippen LogP contribution in [0.2, 0.25) is 0 Å². The molecule has 31 heavy (non-hydrogen) atoms. The lowest BCUT2D eigenvalue weighted by molar-refractivity contribution is -0.143. The second-order valence-electron chi connectivity index (χ2n) is 5.83. The van der Waals surface area contributed by atoms with Gasteiger partial charge in [-0.25, -0.2) is 4.68 Å². The number of ether oxygens (including phenoxy) is 1. The highest BCUT2D eigenvalue weighted by molar-refractivity contribution is 6.05. The molecule has 164 valence electrons. The predicted molar refractivity (Wildman–Crippen MR) is 90.7 cm³/mol. The number of methoxy groups -OCH3 is 1. The van der Waals surface area contributed by atoms with E-state index in [1.54, 1.807) is 10.3 Å². The van der Waals surface area contributed by atoms with Crippen LogP contribution >= 0.6 is 0 Å². The first kappa shape index (κ1) is 21.8. The van der Waals surface area contributed by atoms with E-state index in [1.807, 2.05) is 0 Å².